The van der Waals surface area contributed by atoms with Crippen molar-refractivity contribution in [3.63, 3.8) is 0 Å². The van der Waals surface area contributed by atoms with Gasteiger partial charge in [0.2, 0.25) is 0 Å². The number of carbonyl (C=O) groups excluding carboxylic acids is 1. The summed E-state index contributed by atoms with van der Waals surface area (Å²) in [6.45, 7) is 1.59. The third-order valence-electron chi connectivity index (χ3n) is 1.68. The van der Waals surface area contributed by atoms with E-state index in [1.54, 1.807) is 6.92 Å². The molecule has 0 radical (unpaired) electrons. The topological polar surface area (TPSA) is 57.5 Å². The van der Waals surface area contributed by atoms with Crippen LogP contribution in [0.5, 0.6) is 11.5 Å². The molecule has 0 aliphatic rings. The third kappa shape index (κ3) is 1.77. The van der Waals surface area contributed by atoms with Crippen molar-refractivity contribution < 1.29 is 19.4 Å². The fourth-order valence-corrected chi connectivity index (χ4v) is 0.988. The standard InChI is InChI=1S/C9H9FO3/c1-2-7(11)6-3-5(10)4-8(12)9(6)13/h3-4,12-13H,2H2,1H3. The van der Waals surface area contributed by atoms with E-state index in [2.05, 4.69) is 0 Å². The summed E-state index contributed by atoms with van der Waals surface area (Å²) >= 11 is 0. The summed E-state index contributed by atoms with van der Waals surface area (Å²) in [5.41, 5.74) is -0.181. The van der Waals surface area contributed by atoms with Gasteiger partial charge in [-0.1, -0.05) is 6.92 Å². The Morgan fingerprint density at radius 3 is 2.62 bits per heavy atom. The Morgan fingerprint density at radius 1 is 1.46 bits per heavy atom. The van der Waals surface area contributed by atoms with Gasteiger partial charge < -0.3 is 10.2 Å². The van der Waals surface area contributed by atoms with E-state index in [0.717, 1.165) is 12.1 Å². The molecule has 0 unspecified atom stereocenters. The average Bonchev–Trinajstić information content (AvgIpc) is 2.10. The molecule has 0 amide bonds. The highest BCUT2D eigenvalue weighted by Crippen LogP contribution is 2.30. The van der Waals surface area contributed by atoms with Crippen LogP contribution in [0.15, 0.2) is 12.1 Å². The molecule has 3 nitrogen and oxygen atoms in total. The lowest BCUT2D eigenvalue weighted by Crippen LogP contribution is -1.97. The summed E-state index contributed by atoms with van der Waals surface area (Å²) in [5.74, 6) is -2.33. The largest absolute Gasteiger partial charge is 0.504 e. The smallest absolute Gasteiger partial charge is 0.168 e. The summed E-state index contributed by atoms with van der Waals surface area (Å²) in [6.07, 6.45) is 0.149. The van der Waals surface area contributed by atoms with Crippen LogP contribution < -0.4 is 0 Å². The van der Waals surface area contributed by atoms with Crippen molar-refractivity contribution in [2.45, 2.75) is 13.3 Å². The van der Waals surface area contributed by atoms with E-state index in [0.29, 0.717) is 0 Å². The Kier molecular flexibility index (Phi) is 2.51. The minimum Gasteiger partial charge on any atom is -0.504 e. The van der Waals surface area contributed by atoms with Crippen molar-refractivity contribution >= 4 is 5.78 Å². The predicted octanol–water partition coefficient (Wildman–Crippen LogP) is 1.83. The third-order valence-corrected chi connectivity index (χ3v) is 1.68. The van der Waals surface area contributed by atoms with E-state index in [1.807, 2.05) is 0 Å². The lowest BCUT2D eigenvalue weighted by Gasteiger charge is -2.03. The first-order chi connectivity index (χ1) is 6.06. The van der Waals surface area contributed by atoms with Gasteiger partial charge in [-0.3, -0.25) is 4.79 Å². The molecule has 0 heterocycles. The maximum Gasteiger partial charge on any atom is 0.168 e. The quantitative estimate of drug-likeness (QED) is 0.544. The summed E-state index contributed by atoms with van der Waals surface area (Å²) in [4.78, 5) is 11.1. The fourth-order valence-electron chi connectivity index (χ4n) is 0.988. The second-order valence-corrected chi connectivity index (χ2v) is 2.60. The zero-order valence-electron chi connectivity index (χ0n) is 7.04. The monoisotopic (exact) mass is 184 g/mol. The van der Waals surface area contributed by atoms with Crippen LogP contribution in [0.25, 0.3) is 0 Å². The summed E-state index contributed by atoms with van der Waals surface area (Å²) in [5, 5.41) is 18.2. The predicted molar refractivity (Wildman–Crippen MR) is 44.4 cm³/mol. The van der Waals surface area contributed by atoms with Crippen LogP contribution in [0.2, 0.25) is 0 Å². The van der Waals surface area contributed by atoms with Crippen molar-refractivity contribution in [3.05, 3.63) is 23.5 Å². The number of aromatic hydroxyl groups is 2. The van der Waals surface area contributed by atoms with Crippen molar-refractivity contribution in [1.82, 2.24) is 0 Å². The number of hydrogen-bond acceptors (Lipinski definition) is 3. The first-order valence-electron chi connectivity index (χ1n) is 3.81. The Labute approximate surface area is 74.4 Å². The van der Waals surface area contributed by atoms with Crippen LogP contribution in [0, 0.1) is 5.82 Å². The second-order valence-electron chi connectivity index (χ2n) is 2.60. The number of hydrogen-bond donors (Lipinski definition) is 2. The van der Waals surface area contributed by atoms with E-state index < -0.39 is 23.1 Å². The Morgan fingerprint density at radius 2 is 2.08 bits per heavy atom. The molecule has 1 aromatic rings. The van der Waals surface area contributed by atoms with Crippen LogP contribution in [0.1, 0.15) is 23.7 Å². The van der Waals surface area contributed by atoms with Gasteiger partial charge in [0.05, 0.1) is 5.56 Å². The molecule has 0 spiro atoms. The molecule has 13 heavy (non-hydrogen) atoms. The highest BCUT2D eigenvalue weighted by molar-refractivity contribution is 5.99. The molecule has 0 aromatic heterocycles. The van der Waals surface area contributed by atoms with E-state index in [-0.39, 0.29) is 12.0 Å². The highest BCUT2D eigenvalue weighted by atomic mass is 19.1. The lowest BCUT2D eigenvalue weighted by atomic mass is 10.1. The van der Waals surface area contributed by atoms with Gasteiger partial charge in [-0.25, -0.2) is 4.39 Å². The molecule has 4 heteroatoms. The normalized spacial score (nSPS) is 10.0. The number of halogens is 1. The van der Waals surface area contributed by atoms with Crippen LogP contribution >= 0.6 is 0 Å². The molecule has 0 atom stereocenters. The average molecular weight is 184 g/mol. The highest BCUT2D eigenvalue weighted by Gasteiger charge is 2.14. The molecule has 0 bridgehead atoms. The molecule has 0 saturated carbocycles. The molecule has 1 aromatic carbocycles. The fraction of sp³-hybridized carbons (Fsp3) is 0.222. The number of carbonyl (C=O) groups is 1. The van der Waals surface area contributed by atoms with E-state index in [4.69, 9.17) is 5.11 Å². The zero-order valence-corrected chi connectivity index (χ0v) is 7.04. The van der Waals surface area contributed by atoms with Gasteiger partial charge in [0, 0.05) is 12.5 Å². The number of phenolic OH excluding ortho intramolecular Hbond substituents is 2. The van der Waals surface area contributed by atoms with Crippen molar-refractivity contribution in [3.8, 4) is 11.5 Å². The van der Waals surface area contributed by atoms with E-state index in [9.17, 15) is 14.3 Å². The van der Waals surface area contributed by atoms with E-state index >= 15 is 0 Å². The first-order valence-corrected chi connectivity index (χ1v) is 3.81. The van der Waals surface area contributed by atoms with Gasteiger partial charge in [0.25, 0.3) is 0 Å². The number of benzene rings is 1. The van der Waals surface area contributed by atoms with Gasteiger partial charge in [0.15, 0.2) is 17.3 Å². The number of Topliss-reactive ketones (excluding diaryl/α,β-unsaturated/α-hetero) is 1. The minimum absolute atomic E-state index is 0.149. The molecule has 2 N–H and O–H groups in total. The molecule has 70 valence electrons. The van der Waals surface area contributed by atoms with E-state index in [1.165, 1.54) is 0 Å². The van der Waals surface area contributed by atoms with Gasteiger partial charge >= 0.3 is 0 Å². The summed E-state index contributed by atoms with van der Waals surface area (Å²) in [7, 11) is 0. The maximum atomic E-state index is 12.7. The molecule has 0 aliphatic heterocycles. The van der Waals surface area contributed by atoms with Crippen molar-refractivity contribution in [2.75, 3.05) is 0 Å². The number of rotatable bonds is 2. The second kappa shape index (κ2) is 3.43. The van der Waals surface area contributed by atoms with Gasteiger partial charge in [-0.15, -0.1) is 0 Å². The van der Waals surface area contributed by atoms with Crippen molar-refractivity contribution in [1.29, 1.82) is 0 Å². The molecular formula is C9H9FO3. The zero-order chi connectivity index (χ0) is 10.0. The van der Waals surface area contributed by atoms with Crippen LogP contribution in [0.3, 0.4) is 0 Å². The maximum absolute atomic E-state index is 12.7. The van der Waals surface area contributed by atoms with Crippen molar-refractivity contribution in [2.24, 2.45) is 0 Å². The summed E-state index contributed by atoms with van der Waals surface area (Å²) in [6, 6.07) is 1.66. The Hall–Kier alpha value is -1.58. The molecule has 0 fully saturated rings. The molecule has 0 saturated heterocycles. The van der Waals surface area contributed by atoms with Gasteiger partial charge in [-0.2, -0.15) is 0 Å². The first kappa shape index (κ1) is 9.51. The van der Waals surface area contributed by atoms with Gasteiger partial charge in [-0.05, 0) is 6.07 Å². The summed E-state index contributed by atoms with van der Waals surface area (Å²) < 4.78 is 12.7. The molecule has 1 rings (SSSR count). The molecular weight excluding hydrogens is 175 g/mol. The SMILES string of the molecule is CCC(=O)c1cc(F)cc(O)c1O. The van der Waals surface area contributed by atoms with Crippen LogP contribution in [-0.4, -0.2) is 16.0 Å². The molecule has 0 aliphatic carbocycles. The van der Waals surface area contributed by atoms with Crippen LogP contribution in [-0.2, 0) is 0 Å². The Bertz CT molecular complexity index is 347. The number of phenols is 2. The van der Waals surface area contributed by atoms with Gasteiger partial charge in [0.1, 0.15) is 5.82 Å². The minimum atomic E-state index is -0.743. The number of ketones is 1. The van der Waals surface area contributed by atoms with Crippen LogP contribution in [0.4, 0.5) is 4.39 Å². The Balaban J connectivity index is 3.28. The lowest BCUT2D eigenvalue weighted by molar-refractivity contribution is 0.0984.